The average molecular weight is 232 g/mol. The molecule has 0 aliphatic carbocycles. The van der Waals surface area contributed by atoms with E-state index in [2.05, 4.69) is 10.3 Å². The number of nitrogens with zero attached hydrogens (tertiary/aromatic N) is 1. The Labute approximate surface area is 100 Å². The first-order valence-electron chi connectivity index (χ1n) is 5.13. The maximum Gasteiger partial charge on any atom is 0.253 e. The Bertz CT molecular complexity index is 477. The van der Waals surface area contributed by atoms with Gasteiger partial charge >= 0.3 is 0 Å². The van der Waals surface area contributed by atoms with Gasteiger partial charge in [0, 0.05) is 13.2 Å². The molecule has 0 saturated heterocycles. The van der Waals surface area contributed by atoms with Crippen molar-refractivity contribution in [2.75, 3.05) is 7.05 Å². The standard InChI is InChI=1S/C12H16N4O/c1-8-4-3-5-9(6-8)16-11(13)10(7-15-2)12(14)17/h3-7,15H,1-2H3,(H2,13,16)(H2,14,17)/b10-7+. The second kappa shape index (κ2) is 5.69. The maximum atomic E-state index is 11.1. The number of aryl methyl sites for hydroxylation is 1. The fourth-order valence-corrected chi connectivity index (χ4v) is 1.31. The molecule has 0 heterocycles. The molecular weight excluding hydrogens is 216 g/mol. The fourth-order valence-electron chi connectivity index (χ4n) is 1.31. The minimum atomic E-state index is -0.617. The lowest BCUT2D eigenvalue weighted by Crippen LogP contribution is -2.27. The lowest BCUT2D eigenvalue weighted by molar-refractivity contribution is -0.114. The minimum absolute atomic E-state index is 0.0949. The van der Waals surface area contributed by atoms with Crippen LogP contribution in [0.5, 0.6) is 0 Å². The zero-order chi connectivity index (χ0) is 12.8. The Morgan fingerprint density at radius 3 is 2.65 bits per heavy atom. The lowest BCUT2D eigenvalue weighted by atomic mass is 10.2. The summed E-state index contributed by atoms with van der Waals surface area (Å²) < 4.78 is 0. The van der Waals surface area contributed by atoms with Gasteiger partial charge in [0.1, 0.15) is 5.84 Å². The number of hydrogen-bond donors (Lipinski definition) is 3. The van der Waals surface area contributed by atoms with Crippen molar-refractivity contribution >= 4 is 17.4 Å². The van der Waals surface area contributed by atoms with Crippen LogP contribution in [-0.4, -0.2) is 18.8 Å². The second-order valence-corrected chi connectivity index (χ2v) is 3.55. The van der Waals surface area contributed by atoms with E-state index in [1.165, 1.54) is 6.20 Å². The Morgan fingerprint density at radius 1 is 1.41 bits per heavy atom. The van der Waals surface area contributed by atoms with Crippen LogP contribution in [0.3, 0.4) is 0 Å². The third-order valence-corrected chi connectivity index (χ3v) is 2.08. The molecule has 0 spiro atoms. The van der Waals surface area contributed by atoms with Crippen LogP contribution in [0.25, 0.3) is 0 Å². The molecule has 17 heavy (non-hydrogen) atoms. The molecule has 0 radical (unpaired) electrons. The van der Waals surface area contributed by atoms with E-state index < -0.39 is 5.91 Å². The summed E-state index contributed by atoms with van der Waals surface area (Å²) in [5.74, 6) is -0.522. The summed E-state index contributed by atoms with van der Waals surface area (Å²) in [6, 6.07) is 7.49. The molecule has 5 heteroatoms. The molecule has 1 rings (SSSR count). The lowest BCUT2D eigenvalue weighted by Gasteiger charge is -2.03. The van der Waals surface area contributed by atoms with Gasteiger partial charge in [0.15, 0.2) is 0 Å². The van der Waals surface area contributed by atoms with E-state index in [9.17, 15) is 4.79 Å². The molecule has 0 bridgehead atoms. The highest BCUT2D eigenvalue weighted by Crippen LogP contribution is 2.14. The molecular formula is C12H16N4O. The molecule has 0 aromatic heterocycles. The van der Waals surface area contributed by atoms with Gasteiger partial charge in [0.2, 0.25) is 0 Å². The van der Waals surface area contributed by atoms with E-state index in [0.717, 1.165) is 5.56 Å². The molecule has 1 aromatic rings. The van der Waals surface area contributed by atoms with E-state index in [-0.39, 0.29) is 11.4 Å². The third-order valence-electron chi connectivity index (χ3n) is 2.08. The number of aliphatic imine (C=N–C) groups is 1. The Hall–Kier alpha value is -2.30. The van der Waals surface area contributed by atoms with Crippen LogP contribution < -0.4 is 16.8 Å². The van der Waals surface area contributed by atoms with Crippen molar-refractivity contribution in [1.29, 1.82) is 0 Å². The van der Waals surface area contributed by atoms with Crippen molar-refractivity contribution in [2.24, 2.45) is 16.5 Å². The van der Waals surface area contributed by atoms with Gasteiger partial charge in [-0.05, 0) is 24.6 Å². The highest BCUT2D eigenvalue weighted by Gasteiger charge is 2.09. The van der Waals surface area contributed by atoms with E-state index in [4.69, 9.17) is 11.5 Å². The topological polar surface area (TPSA) is 93.5 Å². The second-order valence-electron chi connectivity index (χ2n) is 3.55. The zero-order valence-electron chi connectivity index (χ0n) is 9.90. The Kier molecular flexibility index (Phi) is 4.28. The van der Waals surface area contributed by atoms with E-state index in [1.54, 1.807) is 13.1 Å². The van der Waals surface area contributed by atoms with Crippen molar-refractivity contribution in [1.82, 2.24) is 5.32 Å². The average Bonchev–Trinajstić information content (AvgIpc) is 2.25. The van der Waals surface area contributed by atoms with Crippen molar-refractivity contribution in [3.8, 4) is 0 Å². The van der Waals surface area contributed by atoms with Crippen LogP contribution in [-0.2, 0) is 4.79 Å². The van der Waals surface area contributed by atoms with Crippen LogP contribution >= 0.6 is 0 Å². The molecule has 0 unspecified atom stereocenters. The van der Waals surface area contributed by atoms with Gasteiger partial charge < -0.3 is 16.8 Å². The first-order chi connectivity index (χ1) is 8.04. The Morgan fingerprint density at radius 2 is 2.12 bits per heavy atom. The SMILES string of the molecule is CN/C=C(/C(N)=O)C(N)=Nc1cccc(C)c1. The first kappa shape index (κ1) is 12.8. The number of carbonyl (C=O) groups is 1. The molecule has 0 atom stereocenters. The summed E-state index contributed by atoms with van der Waals surface area (Å²) in [6.07, 6.45) is 1.43. The van der Waals surface area contributed by atoms with Crippen LogP contribution in [0.1, 0.15) is 5.56 Å². The van der Waals surface area contributed by atoms with E-state index in [0.29, 0.717) is 5.69 Å². The number of benzene rings is 1. The summed E-state index contributed by atoms with van der Waals surface area (Å²) in [6.45, 7) is 1.95. The highest BCUT2D eigenvalue weighted by molar-refractivity contribution is 6.20. The maximum absolute atomic E-state index is 11.1. The number of primary amides is 1. The number of amides is 1. The molecule has 1 aromatic carbocycles. The van der Waals surface area contributed by atoms with Gasteiger partial charge in [-0.15, -0.1) is 0 Å². The van der Waals surface area contributed by atoms with Crippen LogP contribution in [0.2, 0.25) is 0 Å². The molecule has 0 fully saturated rings. The predicted octanol–water partition coefficient (Wildman–Crippen LogP) is 0.572. The summed E-state index contributed by atoms with van der Waals surface area (Å²) in [5, 5.41) is 2.70. The summed E-state index contributed by atoms with van der Waals surface area (Å²) in [7, 11) is 1.66. The predicted molar refractivity (Wildman–Crippen MR) is 68.8 cm³/mol. The van der Waals surface area contributed by atoms with Crippen molar-refractivity contribution in [3.05, 3.63) is 41.6 Å². The van der Waals surface area contributed by atoms with Gasteiger partial charge in [-0.3, -0.25) is 4.79 Å². The molecule has 0 saturated carbocycles. The van der Waals surface area contributed by atoms with E-state index >= 15 is 0 Å². The monoisotopic (exact) mass is 232 g/mol. The minimum Gasteiger partial charge on any atom is -0.393 e. The largest absolute Gasteiger partial charge is 0.393 e. The molecule has 0 aliphatic rings. The van der Waals surface area contributed by atoms with Crippen LogP contribution in [0.15, 0.2) is 41.0 Å². The van der Waals surface area contributed by atoms with Gasteiger partial charge in [-0.2, -0.15) is 0 Å². The van der Waals surface area contributed by atoms with Crippen molar-refractivity contribution < 1.29 is 4.79 Å². The summed E-state index contributed by atoms with van der Waals surface area (Å²) in [4.78, 5) is 15.3. The van der Waals surface area contributed by atoms with Crippen LogP contribution in [0, 0.1) is 6.92 Å². The van der Waals surface area contributed by atoms with Crippen LogP contribution in [0.4, 0.5) is 5.69 Å². The molecule has 1 amide bonds. The summed E-state index contributed by atoms with van der Waals surface area (Å²) >= 11 is 0. The molecule has 0 aliphatic heterocycles. The smallest absolute Gasteiger partial charge is 0.253 e. The quantitative estimate of drug-likeness (QED) is 0.402. The van der Waals surface area contributed by atoms with Gasteiger partial charge in [0.05, 0.1) is 11.3 Å². The van der Waals surface area contributed by atoms with Gasteiger partial charge in [-0.25, -0.2) is 4.99 Å². The van der Waals surface area contributed by atoms with Gasteiger partial charge in [-0.1, -0.05) is 12.1 Å². The normalized spacial score (nSPS) is 12.4. The van der Waals surface area contributed by atoms with Crippen molar-refractivity contribution in [2.45, 2.75) is 6.92 Å². The van der Waals surface area contributed by atoms with E-state index in [1.807, 2.05) is 25.1 Å². The summed E-state index contributed by atoms with van der Waals surface area (Å²) in [5.41, 5.74) is 12.8. The highest BCUT2D eigenvalue weighted by atomic mass is 16.1. The fraction of sp³-hybridized carbons (Fsp3) is 0.167. The number of amidine groups is 1. The molecule has 90 valence electrons. The van der Waals surface area contributed by atoms with Crippen molar-refractivity contribution in [3.63, 3.8) is 0 Å². The number of nitrogens with two attached hydrogens (primary N) is 2. The van der Waals surface area contributed by atoms with Gasteiger partial charge in [0.25, 0.3) is 5.91 Å². The Balaban J connectivity index is 3.06. The number of carbonyl (C=O) groups excluding carboxylic acids is 1. The third kappa shape index (κ3) is 3.64. The first-order valence-corrected chi connectivity index (χ1v) is 5.13. The molecule has 5 N–H and O–H groups in total. The zero-order valence-corrected chi connectivity index (χ0v) is 9.90. The molecule has 5 nitrogen and oxygen atoms in total. The number of hydrogen-bond acceptors (Lipinski definition) is 3. The number of nitrogens with one attached hydrogen (secondary N) is 1. The number of rotatable bonds is 4.